The highest BCUT2D eigenvalue weighted by atomic mass is 35.7. The molecule has 0 radical (unpaired) electrons. The Hall–Kier alpha value is -0.740. The Morgan fingerprint density at radius 2 is 2.38 bits per heavy atom. The Labute approximate surface area is 81.4 Å². The summed E-state index contributed by atoms with van der Waals surface area (Å²) in [6.45, 7) is 1.68. The first-order valence-corrected chi connectivity index (χ1v) is 6.08. The Kier molecular flexibility index (Phi) is 3.17. The van der Waals surface area contributed by atoms with Crippen LogP contribution >= 0.6 is 10.7 Å². The van der Waals surface area contributed by atoms with Crippen molar-refractivity contribution < 1.29 is 12.8 Å². The van der Waals surface area contributed by atoms with Crippen LogP contribution in [0.5, 0.6) is 0 Å². The third kappa shape index (κ3) is 4.15. The van der Waals surface area contributed by atoms with E-state index >= 15 is 0 Å². The maximum atomic E-state index is 10.7. The number of rotatable bonds is 3. The fourth-order valence-electron chi connectivity index (χ4n) is 0.930. The molecule has 1 aromatic rings. The van der Waals surface area contributed by atoms with Gasteiger partial charge in [-0.3, -0.25) is 0 Å². The Balaban J connectivity index is 2.74. The Morgan fingerprint density at radius 3 is 2.85 bits per heavy atom. The largest absolute Gasteiger partial charge is 0.465 e. The smallest absolute Gasteiger partial charge is 0.236 e. The normalized spacial score (nSPS) is 13.2. The van der Waals surface area contributed by atoms with Crippen LogP contribution in [0.15, 0.2) is 28.4 Å². The highest BCUT2D eigenvalue weighted by Crippen LogP contribution is 2.10. The average molecular weight is 221 g/mol. The maximum Gasteiger partial charge on any atom is 0.236 e. The minimum atomic E-state index is -3.46. The van der Waals surface area contributed by atoms with Gasteiger partial charge < -0.3 is 4.42 Å². The first kappa shape index (κ1) is 10.3. The molecule has 72 valence electrons. The highest BCUT2D eigenvalue weighted by molar-refractivity contribution is 8.13. The van der Waals surface area contributed by atoms with E-state index in [9.17, 15) is 8.42 Å². The Morgan fingerprint density at radius 1 is 1.69 bits per heavy atom. The predicted octanol–water partition coefficient (Wildman–Crippen LogP) is 2.25. The SMILES string of the molecule is C/C(=C\c1ccco1)CS(=O)(=O)Cl. The van der Waals surface area contributed by atoms with E-state index in [0.29, 0.717) is 11.3 Å². The van der Waals surface area contributed by atoms with Crippen LogP contribution in [-0.4, -0.2) is 14.2 Å². The molecule has 1 aromatic heterocycles. The van der Waals surface area contributed by atoms with Gasteiger partial charge in [-0.15, -0.1) is 0 Å². The lowest BCUT2D eigenvalue weighted by atomic mass is 10.3. The Bertz CT molecular complexity index is 389. The third-order valence-corrected chi connectivity index (χ3v) is 2.46. The van der Waals surface area contributed by atoms with E-state index in [1.807, 2.05) is 0 Å². The van der Waals surface area contributed by atoms with E-state index in [-0.39, 0.29) is 5.75 Å². The van der Waals surface area contributed by atoms with Crippen molar-refractivity contribution in [2.24, 2.45) is 0 Å². The summed E-state index contributed by atoms with van der Waals surface area (Å²) in [7, 11) is 1.60. The van der Waals surface area contributed by atoms with Crippen LogP contribution in [0, 0.1) is 0 Å². The summed E-state index contributed by atoms with van der Waals surface area (Å²) in [5.41, 5.74) is 0.643. The van der Waals surface area contributed by atoms with Gasteiger partial charge in [0.1, 0.15) is 5.76 Å². The molecule has 0 aliphatic heterocycles. The van der Waals surface area contributed by atoms with Crippen LogP contribution in [0.2, 0.25) is 0 Å². The molecule has 0 aliphatic rings. The van der Waals surface area contributed by atoms with Gasteiger partial charge in [-0.1, -0.05) is 5.57 Å². The third-order valence-electron chi connectivity index (χ3n) is 1.33. The first-order chi connectivity index (χ1) is 5.97. The topological polar surface area (TPSA) is 47.3 Å². The zero-order valence-electron chi connectivity index (χ0n) is 7.03. The molecule has 0 fully saturated rings. The fourth-order valence-corrected chi connectivity index (χ4v) is 2.07. The molecule has 0 N–H and O–H groups in total. The van der Waals surface area contributed by atoms with Gasteiger partial charge in [-0.25, -0.2) is 8.42 Å². The lowest BCUT2D eigenvalue weighted by molar-refractivity contribution is 0.556. The predicted molar refractivity (Wildman–Crippen MR) is 52.0 cm³/mol. The van der Waals surface area contributed by atoms with E-state index in [1.165, 1.54) is 6.26 Å². The van der Waals surface area contributed by atoms with Gasteiger partial charge in [0.2, 0.25) is 9.05 Å². The number of furan rings is 1. The number of halogens is 1. The van der Waals surface area contributed by atoms with E-state index in [0.717, 1.165) is 0 Å². The van der Waals surface area contributed by atoms with Crippen molar-refractivity contribution in [2.45, 2.75) is 6.92 Å². The van der Waals surface area contributed by atoms with Gasteiger partial charge in [-0.05, 0) is 25.1 Å². The maximum absolute atomic E-state index is 10.7. The van der Waals surface area contributed by atoms with E-state index in [1.54, 1.807) is 25.1 Å². The van der Waals surface area contributed by atoms with Crippen LogP contribution in [0.1, 0.15) is 12.7 Å². The molecular formula is C8H9ClO3S. The summed E-state index contributed by atoms with van der Waals surface area (Å²) in [5.74, 6) is 0.465. The zero-order valence-corrected chi connectivity index (χ0v) is 8.60. The number of hydrogen-bond donors (Lipinski definition) is 0. The summed E-state index contributed by atoms with van der Waals surface area (Å²) in [5, 5.41) is 0. The van der Waals surface area contributed by atoms with Crippen molar-refractivity contribution >= 4 is 25.8 Å². The molecule has 0 bridgehead atoms. The standard InChI is InChI=1S/C8H9ClO3S/c1-7(6-13(9,10)11)5-8-3-2-4-12-8/h2-5H,6H2,1H3/b7-5+. The molecule has 5 heteroatoms. The van der Waals surface area contributed by atoms with Gasteiger partial charge in [0, 0.05) is 10.7 Å². The molecule has 0 unspecified atom stereocenters. The molecule has 1 heterocycles. The quantitative estimate of drug-likeness (QED) is 0.734. The van der Waals surface area contributed by atoms with Gasteiger partial charge in [-0.2, -0.15) is 0 Å². The fraction of sp³-hybridized carbons (Fsp3) is 0.250. The van der Waals surface area contributed by atoms with Gasteiger partial charge in [0.25, 0.3) is 0 Å². The van der Waals surface area contributed by atoms with Crippen LogP contribution in [0.4, 0.5) is 0 Å². The molecule has 1 rings (SSSR count). The number of hydrogen-bond acceptors (Lipinski definition) is 3. The first-order valence-electron chi connectivity index (χ1n) is 3.60. The molecule has 3 nitrogen and oxygen atoms in total. The second-order valence-electron chi connectivity index (χ2n) is 2.69. The lowest BCUT2D eigenvalue weighted by Gasteiger charge is -1.95. The molecule has 0 aromatic carbocycles. The van der Waals surface area contributed by atoms with Crippen molar-refractivity contribution in [3.05, 3.63) is 29.7 Å². The van der Waals surface area contributed by atoms with Crippen LogP contribution in [0.25, 0.3) is 6.08 Å². The van der Waals surface area contributed by atoms with E-state index in [4.69, 9.17) is 15.1 Å². The summed E-state index contributed by atoms with van der Waals surface area (Å²) >= 11 is 0. The van der Waals surface area contributed by atoms with Gasteiger partial charge in [0.05, 0.1) is 12.0 Å². The van der Waals surface area contributed by atoms with Crippen LogP contribution in [-0.2, 0) is 9.05 Å². The molecule has 0 atom stereocenters. The highest BCUT2D eigenvalue weighted by Gasteiger charge is 2.06. The molecule has 0 spiro atoms. The van der Waals surface area contributed by atoms with E-state index in [2.05, 4.69) is 0 Å². The second kappa shape index (κ2) is 3.98. The summed E-state index contributed by atoms with van der Waals surface area (Å²) < 4.78 is 26.3. The zero-order chi connectivity index (χ0) is 9.90. The second-order valence-corrected chi connectivity index (χ2v) is 5.47. The average Bonchev–Trinajstić information content (AvgIpc) is 2.34. The van der Waals surface area contributed by atoms with Crippen LogP contribution in [0.3, 0.4) is 0 Å². The van der Waals surface area contributed by atoms with E-state index < -0.39 is 9.05 Å². The molecule has 0 saturated heterocycles. The van der Waals surface area contributed by atoms with Crippen molar-refractivity contribution in [3.63, 3.8) is 0 Å². The molecule has 0 aliphatic carbocycles. The van der Waals surface area contributed by atoms with Crippen molar-refractivity contribution in [2.75, 3.05) is 5.75 Å². The van der Waals surface area contributed by atoms with Gasteiger partial charge >= 0.3 is 0 Å². The monoisotopic (exact) mass is 220 g/mol. The summed E-state index contributed by atoms with van der Waals surface area (Å²) in [6.07, 6.45) is 3.16. The summed E-state index contributed by atoms with van der Waals surface area (Å²) in [6, 6.07) is 3.47. The molecule has 0 saturated carbocycles. The minimum Gasteiger partial charge on any atom is -0.465 e. The van der Waals surface area contributed by atoms with Crippen LogP contribution < -0.4 is 0 Å². The van der Waals surface area contributed by atoms with Crippen molar-refractivity contribution in [1.29, 1.82) is 0 Å². The molecule has 0 amide bonds. The van der Waals surface area contributed by atoms with Crippen molar-refractivity contribution in [1.82, 2.24) is 0 Å². The molecular weight excluding hydrogens is 212 g/mol. The lowest BCUT2D eigenvalue weighted by Crippen LogP contribution is -1.97. The molecule has 13 heavy (non-hydrogen) atoms. The summed E-state index contributed by atoms with van der Waals surface area (Å²) in [4.78, 5) is 0. The minimum absolute atomic E-state index is 0.157. The van der Waals surface area contributed by atoms with Gasteiger partial charge in [0.15, 0.2) is 0 Å². The van der Waals surface area contributed by atoms with Crippen molar-refractivity contribution in [3.8, 4) is 0 Å².